The van der Waals surface area contributed by atoms with Crippen LogP contribution < -0.4 is 0 Å². The summed E-state index contributed by atoms with van der Waals surface area (Å²) in [5.41, 5.74) is 0. The van der Waals surface area contributed by atoms with Crippen molar-refractivity contribution in [2.75, 3.05) is 13.7 Å². The highest BCUT2D eigenvalue weighted by molar-refractivity contribution is 5.64. The van der Waals surface area contributed by atoms with Gasteiger partial charge in [0, 0.05) is 19.7 Å². The van der Waals surface area contributed by atoms with Crippen LogP contribution in [0.15, 0.2) is 0 Å². The fraction of sp³-hybridized carbons (Fsp3) is 0.875. The van der Waals surface area contributed by atoms with Crippen LogP contribution in [0.1, 0.15) is 20.3 Å². The summed E-state index contributed by atoms with van der Waals surface area (Å²) >= 11 is 0. The van der Waals surface area contributed by atoms with Crippen LogP contribution in [-0.4, -0.2) is 40.9 Å². The third kappa shape index (κ3) is 2.70. The molecular formula is C8H17NO3. The maximum atomic E-state index is 10.6. The fourth-order valence-corrected chi connectivity index (χ4v) is 1.32. The van der Waals surface area contributed by atoms with Crippen LogP contribution in [0.5, 0.6) is 0 Å². The number of hydrogen-bond donors (Lipinski definition) is 2. The van der Waals surface area contributed by atoms with Gasteiger partial charge < -0.3 is 15.1 Å². The molecule has 0 fully saturated rings. The maximum Gasteiger partial charge on any atom is 0.407 e. The SMILES string of the molecule is CCC(C(C)CO)N(C)C(=O)O. The largest absolute Gasteiger partial charge is 0.465 e. The monoisotopic (exact) mass is 175 g/mol. The van der Waals surface area contributed by atoms with E-state index in [1.807, 2.05) is 13.8 Å². The van der Waals surface area contributed by atoms with Crippen molar-refractivity contribution in [3.8, 4) is 0 Å². The molecular weight excluding hydrogens is 158 g/mol. The second-order valence-corrected chi connectivity index (χ2v) is 3.03. The van der Waals surface area contributed by atoms with Crippen LogP contribution in [0, 0.1) is 5.92 Å². The number of hydrogen-bond acceptors (Lipinski definition) is 2. The summed E-state index contributed by atoms with van der Waals surface area (Å²) in [5, 5.41) is 17.5. The van der Waals surface area contributed by atoms with Crippen molar-refractivity contribution in [1.82, 2.24) is 4.90 Å². The average Bonchev–Trinajstić information content (AvgIpc) is 2.05. The Balaban J connectivity index is 4.23. The zero-order chi connectivity index (χ0) is 9.72. The van der Waals surface area contributed by atoms with Crippen molar-refractivity contribution in [2.45, 2.75) is 26.3 Å². The molecule has 0 rings (SSSR count). The maximum absolute atomic E-state index is 10.6. The lowest BCUT2D eigenvalue weighted by molar-refractivity contribution is 0.101. The van der Waals surface area contributed by atoms with Gasteiger partial charge in [0.1, 0.15) is 0 Å². The van der Waals surface area contributed by atoms with Crippen molar-refractivity contribution >= 4 is 6.09 Å². The van der Waals surface area contributed by atoms with E-state index in [1.54, 1.807) is 0 Å². The Kier molecular flexibility index (Phi) is 4.66. The topological polar surface area (TPSA) is 60.8 Å². The van der Waals surface area contributed by atoms with Crippen molar-refractivity contribution in [3.63, 3.8) is 0 Å². The molecule has 0 aliphatic rings. The fourth-order valence-electron chi connectivity index (χ4n) is 1.32. The summed E-state index contributed by atoms with van der Waals surface area (Å²) in [4.78, 5) is 11.8. The molecule has 0 spiro atoms. The Labute approximate surface area is 72.8 Å². The van der Waals surface area contributed by atoms with Crippen LogP contribution >= 0.6 is 0 Å². The van der Waals surface area contributed by atoms with Gasteiger partial charge in [-0.15, -0.1) is 0 Å². The van der Waals surface area contributed by atoms with Gasteiger partial charge in [0.25, 0.3) is 0 Å². The molecule has 2 unspecified atom stereocenters. The van der Waals surface area contributed by atoms with E-state index in [2.05, 4.69) is 0 Å². The molecule has 0 bridgehead atoms. The number of aliphatic hydroxyl groups is 1. The van der Waals surface area contributed by atoms with Crippen LogP contribution in [0.3, 0.4) is 0 Å². The van der Waals surface area contributed by atoms with Gasteiger partial charge >= 0.3 is 6.09 Å². The lowest BCUT2D eigenvalue weighted by Crippen LogP contribution is -2.41. The molecule has 4 heteroatoms. The standard InChI is InChI=1S/C8H17NO3/c1-4-7(6(2)5-10)9(3)8(11)12/h6-7,10H,4-5H2,1-3H3,(H,11,12). The minimum atomic E-state index is -0.942. The number of carbonyl (C=O) groups is 1. The van der Waals surface area contributed by atoms with Gasteiger partial charge in [0.05, 0.1) is 0 Å². The van der Waals surface area contributed by atoms with E-state index >= 15 is 0 Å². The van der Waals surface area contributed by atoms with E-state index in [-0.39, 0.29) is 18.6 Å². The van der Waals surface area contributed by atoms with Gasteiger partial charge in [-0.25, -0.2) is 4.79 Å². The molecule has 2 atom stereocenters. The molecule has 4 nitrogen and oxygen atoms in total. The van der Waals surface area contributed by atoms with E-state index in [9.17, 15) is 4.79 Å². The number of aliphatic hydroxyl groups excluding tert-OH is 1. The number of amides is 1. The van der Waals surface area contributed by atoms with E-state index < -0.39 is 6.09 Å². The normalized spacial score (nSPS) is 15.3. The third-order valence-electron chi connectivity index (χ3n) is 2.16. The summed E-state index contributed by atoms with van der Waals surface area (Å²) in [6.45, 7) is 3.78. The molecule has 0 aliphatic heterocycles. The molecule has 0 saturated heterocycles. The zero-order valence-electron chi connectivity index (χ0n) is 7.82. The van der Waals surface area contributed by atoms with Crippen LogP contribution in [0.4, 0.5) is 4.79 Å². The second kappa shape index (κ2) is 4.98. The first-order valence-corrected chi connectivity index (χ1v) is 4.11. The summed E-state index contributed by atoms with van der Waals surface area (Å²) in [5.74, 6) is -0.00361. The predicted molar refractivity (Wildman–Crippen MR) is 46.1 cm³/mol. The van der Waals surface area contributed by atoms with Crippen LogP contribution in [0.25, 0.3) is 0 Å². The minimum absolute atomic E-state index is 0.00361. The highest BCUT2D eigenvalue weighted by Gasteiger charge is 2.22. The molecule has 0 heterocycles. The summed E-state index contributed by atoms with van der Waals surface area (Å²) in [6, 6.07) is -0.0903. The van der Waals surface area contributed by atoms with Crippen molar-refractivity contribution in [3.05, 3.63) is 0 Å². The highest BCUT2D eigenvalue weighted by atomic mass is 16.4. The first-order chi connectivity index (χ1) is 5.54. The third-order valence-corrected chi connectivity index (χ3v) is 2.16. The van der Waals surface area contributed by atoms with E-state index in [0.29, 0.717) is 0 Å². The highest BCUT2D eigenvalue weighted by Crippen LogP contribution is 2.12. The van der Waals surface area contributed by atoms with Gasteiger partial charge in [-0.05, 0) is 12.3 Å². The molecule has 2 N–H and O–H groups in total. The van der Waals surface area contributed by atoms with Gasteiger partial charge in [-0.3, -0.25) is 0 Å². The van der Waals surface area contributed by atoms with Crippen molar-refractivity contribution < 1.29 is 15.0 Å². The number of carboxylic acid groups (broad SMARTS) is 1. The molecule has 12 heavy (non-hydrogen) atoms. The smallest absolute Gasteiger partial charge is 0.407 e. The summed E-state index contributed by atoms with van der Waals surface area (Å²) in [7, 11) is 1.53. The van der Waals surface area contributed by atoms with Gasteiger partial charge in [0.2, 0.25) is 0 Å². The Hall–Kier alpha value is -0.770. The predicted octanol–water partition coefficient (Wildman–Crippen LogP) is 1.00. The molecule has 0 aromatic rings. The van der Waals surface area contributed by atoms with Crippen molar-refractivity contribution in [2.24, 2.45) is 5.92 Å². The van der Waals surface area contributed by atoms with E-state index in [1.165, 1.54) is 11.9 Å². The van der Waals surface area contributed by atoms with Gasteiger partial charge in [-0.2, -0.15) is 0 Å². The van der Waals surface area contributed by atoms with Crippen molar-refractivity contribution in [1.29, 1.82) is 0 Å². The quantitative estimate of drug-likeness (QED) is 0.670. The first kappa shape index (κ1) is 11.2. The molecule has 1 amide bonds. The zero-order valence-corrected chi connectivity index (χ0v) is 7.82. The number of nitrogens with zero attached hydrogens (tertiary/aromatic N) is 1. The Bertz CT molecular complexity index is 149. The molecule has 0 aromatic carbocycles. The number of rotatable bonds is 4. The summed E-state index contributed by atoms with van der Waals surface area (Å²) in [6.07, 6.45) is -0.216. The minimum Gasteiger partial charge on any atom is -0.465 e. The summed E-state index contributed by atoms with van der Waals surface area (Å²) < 4.78 is 0. The van der Waals surface area contributed by atoms with Crippen LogP contribution in [0.2, 0.25) is 0 Å². The molecule has 72 valence electrons. The van der Waals surface area contributed by atoms with E-state index in [0.717, 1.165) is 6.42 Å². The lowest BCUT2D eigenvalue weighted by Gasteiger charge is -2.28. The van der Waals surface area contributed by atoms with Gasteiger partial charge in [0.15, 0.2) is 0 Å². The lowest BCUT2D eigenvalue weighted by atomic mass is 10.00. The Morgan fingerprint density at radius 1 is 1.58 bits per heavy atom. The molecule has 0 radical (unpaired) electrons. The molecule has 0 aromatic heterocycles. The van der Waals surface area contributed by atoms with Crippen LogP contribution in [-0.2, 0) is 0 Å². The average molecular weight is 175 g/mol. The molecule has 0 aliphatic carbocycles. The van der Waals surface area contributed by atoms with Gasteiger partial charge in [-0.1, -0.05) is 13.8 Å². The molecule has 0 saturated carbocycles. The van der Waals surface area contributed by atoms with E-state index in [4.69, 9.17) is 10.2 Å². The Morgan fingerprint density at radius 2 is 2.08 bits per heavy atom. The Morgan fingerprint density at radius 3 is 2.33 bits per heavy atom. The second-order valence-electron chi connectivity index (χ2n) is 3.03. The first-order valence-electron chi connectivity index (χ1n) is 4.11.